The minimum atomic E-state index is 0. The summed E-state index contributed by atoms with van der Waals surface area (Å²) in [6.07, 6.45) is 2.48. The Bertz CT molecular complexity index is 133. The molecule has 0 spiro atoms. The van der Waals surface area contributed by atoms with Gasteiger partial charge in [0.25, 0.3) is 0 Å². The average Bonchev–Trinajstić information content (AvgIpc) is 1.86. The van der Waals surface area contributed by atoms with E-state index in [1.165, 1.54) is 0 Å². The molecule has 1 saturated heterocycles. The van der Waals surface area contributed by atoms with Gasteiger partial charge >= 0.3 is 0 Å². The summed E-state index contributed by atoms with van der Waals surface area (Å²) in [5.74, 6) is 0. The van der Waals surface area contributed by atoms with Crippen LogP contribution >= 0.6 is 12.4 Å². The molecule has 2 N–H and O–H groups in total. The zero-order valence-corrected chi connectivity index (χ0v) is 8.99. The lowest BCUT2D eigenvalue weighted by molar-refractivity contribution is -0.0600. The lowest BCUT2D eigenvalue weighted by Crippen LogP contribution is -2.48. The summed E-state index contributed by atoms with van der Waals surface area (Å²) in [4.78, 5) is 0. The average molecular weight is 194 g/mol. The topological polar surface area (TPSA) is 35.2 Å². The highest BCUT2D eigenvalue weighted by molar-refractivity contribution is 5.85. The Morgan fingerprint density at radius 1 is 1.33 bits per heavy atom. The molecular weight excluding hydrogens is 174 g/mol. The monoisotopic (exact) mass is 193 g/mol. The molecule has 0 radical (unpaired) electrons. The lowest BCUT2D eigenvalue weighted by Gasteiger charge is -2.38. The van der Waals surface area contributed by atoms with E-state index in [0.29, 0.717) is 0 Å². The van der Waals surface area contributed by atoms with Gasteiger partial charge in [-0.15, -0.1) is 12.4 Å². The summed E-state index contributed by atoms with van der Waals surface area (Å²) in [5, 5.41) is 0. The van der Waals surface area contributed by atoms with Crippen LogP contribution in [-0.4, -0.2) is 18.8 Å². The Hall–Kier alpha value is 0.210. The molecule has 0 bridgehead atoms. The van der Waals surface area contributed by atoms with E-state index in [0.717, 1.165) is 19.4 Å². The van der Waals surface area contributed by atoms with Crippen LogP contribution in [0.15, 0.2) is 0 Å². The van der Waals surface area contributed by atoms with Gasteiger partial charge in [-0.3, -0.25) is 0 Å². The molecule has 1 aliphatic heterocycles. The second-order valence-electron chi connectivity index (χ2n) is 4.46. The van der Waals surface area contributed by atoms with Crippen molar-refractivity contribution in [2.24, 2.45) is 11.1 Å². The molecule has 0 aliphatic carbocycles. The van der Waals surface area contributed by atoms with Crippen molar-refractivity contribution in [2.75, 3.05) is 6.61 Å². The zero-order valence-electron chi connectivity index (χ0n) is 8.17. The number of hydrogen-bond donors (Lipinski definition) is 1. The van der Waals surface area contributed by atoms with Crippen molar-refractivity contribution in [3.8, 4) is 0 Å². The van der Waals surface area contributed by atoms with Gasteiger partial charge in [-0.25, -0.2) is 0 Å². The van der Waals surface area contributed by atoms with Crippen LogP contribution in [0, 0.1) is 5.41 Å². The molecule has 0 aromatic carbocycles. The smallest absolute Gasteiger partial charge is 0.0774 e. The first-order valence-electron chi connectivity index (χ1n) is 4.39. The third-order valence-electron chi connectivity index (χ3n) is 2.22. The molecule has 1 fully saturated rings. The van der Waals surface area contributed by atoms with Crippen molar-refractivity contribution >= 4 is 12.4 Å². The van der Waals surface area contributed by atoms with E-state index in [4.69, 9.17) is 10.5 Å². The number of rotatable bonds is 0. The van der Waals surface area contributed by atoms with Crippen molar-refractivity contribution < 1.29 is 4.74 Å². The Balaban J connectivity index is 0.00000121. The molecule has 0 amide bonds. The quantitative estimate of drug-likeness (QED) is 0.639. The van der Waals surface area contributed by atoms with Crippen LogP contribution in [0.25, 0.3) is 0 Å². The van der Waals surface area contributed by atoms with E-state index in [9.17, 15) is 0 Å². The fourth-order valence-electron chi connectivity index (χ4n) is 1.70. The van der Waals surface area contributed by atoms with Crippen LogP contribution in [0.1, 0.15) is 33.6 Å². The van der Waals surface area contributed by atoms with Crippen LogP contribution in [0.4, 0.5) is 0 Å². The number of hydrogen-bond acceptors (Lipinski definition) is 2. The largest absolute Gasteiger partial charge is 0.376 e. The van der Waals surface area contributed by atoms with Crippen molar-refractivity contribution in [1.29, 1.82) is 0 Å². The molecule has 2 unspecified atom stereocenters. The summed E-state index contributed by atoms with van der Waals surface area (Å²) >= 11 is 0. The maximum Gasteiger partial charge on any atom is 0.0774 e. The molecule has 0 aromatic heterocycles. The minimum Gasteiger partial charge on any atom is -0.376 e. The molecule has 74 valence electrons. The molecule has 3 heteroatoms. The molecule has 1 heterocycles. The Kier molecular flexibility index (Phi) is 4.53. The van der Waals surface area contributed by atoms with E-state index < -0.39 is 0 Å². The predicted octanol–water partition coefficient (Wildman–Crippen LogP) is 1.96. The molecule has 1 rings (SSSR count). The van der Waals surface area contributed by atoms with Gasteiger partial charge in [0, 0.05) is 12.6 Å². The predicted molar refractivity (Wildman–Crippen MR) is 53.7 cm³/mol. The molecule has 0 aromatic rings. The fraction of sp³-hybridized carbons (Fsp3) is 1.00. The van der Waals surface area contributed by atoms with Gasteiger partial charge in [0.15, 0.2) is 0 Å². The van der Waals surface area contributed by atoms with E-state index in [2.05, 4.69) is 20.8 Å². The van der Waals surface area contributed by atoms with E-state index in [1.54, 1.807) is 0 Å². The first-order valence-corrected chi connectivity index (χ1v) is 4.39. The van der Waals surface area contributed by atoms with Gasteiger partial charge in [0.1, 0.15) is 0 Å². The Labute approximate surface area is 81.3 Å². The maximum absolute atomic E-state index is 5.94. The Morgan fingerprint density at radius 3 is 2.25 bits per heavy atom. The van der Waals surface area contributed by atoms with Crippen molar-refractivity contribution in [1.82, 2.24) is 0 Å². The molecule has 12 heavy (non-hydrogen) atoms. The van der Waals surface area contributed by atoms with Crippen LogP contribution in [0.3, 0.4) is 0 Å². The van der Waals surface area contributed by atoms with Crippen LogP contribution < -0.4 is 5.73 Å². The third kappa shape index (κ3) is 2.92. The summed E-state index contributed by atoms with van der Waals surface area (Å²) in [7, 11) is 0. The summed E-state index contributed by atoms with van der Waals surface area (Å²) in [6, 6.07) is 0.240. The minimum absolute atomic E-state index is 0. The zero-order chi connectivity index (χ0) is 8.48. The SMILES string of the molecule is CC(C)(C)C1OCCCC1N.Cl. The molecule has 0 saturated carbocycles. The molecule has 2 atom stereocenters. The lowest BCUT2D eigenvalue weighted by atomic mass is 9.82. The first-order chi connectivity index (χ1) is 5.02. The highest BCUT2D eigenvalue weighted by atomic mass is 35.5. The number of halogens is 1. The standard InChI is InChI=1S/C9H19NO.ClH/c1-9(2,3)8-7(10)5-4-6-11-8;/h7-8H,4-6,10H2,1-3H3;1H. The second-order valence-corrected chi connectivity index (χ2v) is 4.46. The maximum atomic E-state index is 5.94. The van der Waals surface area contributed by atoms with Gasteiger partial charge in [0.2, 0.25) is 0 Å². The molecule has 2 nitrogen and oxygen atoms in total. The number of nitrogens with two attached hydrogens (primary N) is 1. The highest BCUT2D eigenvalue weighted by Gasteiger charge is 2.32. The normalized spacial score (nSPS) is 31.0. The van der Waals surface area contributed by atoms with Crippen LogP contribution in [0.2, 0.25) is 0 Å². The van der Waals surface area contributed by atoms with E-state index >= 15 is 0 Å². The van der Waals surface area contributed by atoms with Gasteiger partial charge < -0.3 is 10.5 Å². The molecule has 1 aliphatic rings. The van der Waals surface area contributed by atoms with Crippen molar-refractivity contribution in [3.63, 3.8) is 0 Å². The number of ether oxygens (including phenoxy) is 1. The van der Waals surface area contributed by atoms with Crippen molar-refractivity contribution in [2.45, 2.75) is 45.8 Å². The molecular formula is C9H20ClNO. The van der Waals surface area contributed by atoms with Gasteiger partial charge in [0.05, 0.1) is 6.10 Å². The van der Waals surface area contributed by atoms with Gasteiger partial charge in [-0.1, -0.05) is 20.8 Å². The highest BCUT2D eigenvalue weighted by Crippen LogP contribution is 2.28. The summed E-state index contributed by atoms with van der Waals surface area (Å²) in [6.45, 7) is 7.43. The van der Waals surface area contributed by atoms with Crippen molar-refractivity contribution in [3.05, 3.63) is 0 Å². The third-order valence-corrected chi connectivity index (χ3v) is 2.22. The van der Waals surface area contributed by atoms with Crippen LogP contribution in [0.5, 0.6) is 0 Å². The Morgan fingerprint density at radius 2 is 1.92 bits per heavy atom. The van der Waals surface area contributed by atoms with Gasteiger partial charge in [-0.2, -0.15) is 0 Å². The summed E-state index contributed by atoms with van der Waals surface area (Å²) < 4.78 is 5.63. The summed E-state index contributed by atoms with van der Waals surface area (Å²) in [5.41, 5.74) is 6.13. The van der Waals surface area contributed by atoms with E-state index in [-0.39, 0.29) is 30.0 Å². The van der Waals surface area contributed by atoms with E-state index in [1.807, 2.05) is 0 Å². The second kappa shape index (κ2) is 4.45. The van der Waals surface area contributed by atoms with Gasteiger partial charge in [-0.05, 0) is 18.3 Å². The fourth-order valence-corrected chi connectivity index (χ4v) is 1.70. The first kappa shape index (κ1) is 12.2. The van der Waals surface area contributed by atoms with Crippen LogP contribution in [-0.2, 0) is 4.74 Å².